The van der Waals surface area contributed by atoms with Crippen molar-refractivity contribution in [2.45, 2.75) is 11.8 Å². The predicted octanol–water partition coefficient (Wildman–Crippen LogP) is 2.39. The summed E-state index contributed by atoms with van der Waals surface area (Å²) < 4.78 is 25.8. The molecule has 0 saturated carbocycles. The Labute approximate surface area is 122 Å². The molecular formula is C14H12N2O4S. The van der Waals surface area contributed by atoms with Gasteiger partial charge < -0.3 is 14.4 Å². The van der Waals surface area contributed by atoms with Crippen LogP contribution in [0.1, 0.15) is 5.56 Å². The van der Waals surface area contributed by atoms with Crippen LogP contribution in [0.2, 0.25) is 0 Å². The normalized spacial score (nSPS) is 12.7. The standard InChI is InChI=1S/C14H12N2O4S/c1-7-3-9-10(6-13(7)21(18)19)15-11-4-8(17)5-12(20-2)14(11)16-9/h3-6,17H,1-2H3,(H,18,19). The first-order valence-corrected chi connectivity index (χ1v) is 7.20. The minimum absolute atomic E-state index is 0.0195. The number of ether oxygens (including phenoxy) is 1. The summed E-state index contributed by atoms with van der Waals surface area (Å²) in [5, 5.41) is 9.66. The number of phenolic OH excluding ortho intramolecular Hbond substituents is 1. The number of aryl methyl sites for hydroxylation is 1. The quantitative estimate of drug-likeness (QED) is 0.558. The summed E-state index contributed by atoms with van der Waals surface area (Å²) in [7, 11) is 1.49. The van der Waals surface area contributed by atoms with Crippen LogP contribution in [0.5, 0.6) is 11.5 Å². The number of methoxy groups -OCH3 is 1. The van der Waals surface area contributed by atoms with E-state index in [2.05, 4.69) is 9.97 Å². The van der Waals surface area contributed by atoms with E-state index in [1.165, 1.54) is 25.3 Å². The van der Waals surface area contributed by atoms with E-state index in [1.807, 2.05) is 0 Å². The average molecular weight is 304 g/mol. The van der Waals surface area contributed by atoms with Gasteiger partial charge in [0.2, 0.25) is 0 Å². The minimum atomic E-state index is -2.08. The molecule has 0 bridgehead atoms. The fraction of sp³-hybridized carbons (Fsp3) is 0.143. The molecule has 3 rings (SSSR count). The van der Waals surface area contributed by atoms with Crippen molar-refractivity contribution in [1.29, 1.82) is 0 Å². The molecule has 1 unspecified atom stereocenters. The molecule has 7 heteroatoms. The Morgan fingerprint density at radius 3 is 2.48 bits per heavy atom. The van der Waals surface area contributed by atoms with Gasteiger partial charge in [0.15, 0.2) is 11.1 Å². The highest BCUT2D eigenvalue weighted by atomic mass is 32.2. The first-order valence-electron chi connectivity index (χ1n) is 6.09. The molecule has 6 nitrogen and oxygen atoms in total. The van der Waals surface area contributed by atoms with Crippen LogP contribution in [0.15, 0.2) is 29.2 Å². The number of aromatic hydroxyl groups is 1. The Balaban J connectivity index is 2.40. The minimum Gasteiger partial charge on any atom is -0.508 e. The van der Waals surface area contributed by atoms with Crippen molar-refractivity contribution in [3.63, 3.8) is 0 Å². The molecular weight excluding hydrogens is 292 g/mol. The highest BCUT2D eigenvalue weighted by Crippen LogP contribution is 2.30. The van der Waals surface area contributed by atoms with E-state index in [1.54, 1.807) is 13.0 Å². The predicted molar refractivity (Wildman–Crippen MR) is 79.0 cm³/mol. The van der Waals surface area contributed by atoms with E-state index in [9.17, 15) is 13.9 Å². The van der Waals surface area contributed by atoms with E-state index in [4.69, 9.17) is 4.74 Å². The first-order chi connectivity index (χ1) is 9.99. The van der Waals surface area contributed by atoms with Crippen LogP contribution >= 0.6 is 0 Å². The van der Waals surface area contributed by atoms with Crippen molar-refractivity contribution in [2.75, 3.05) is 7.11 Å². The SMILES string of the molecule is COc1cc(O)cc2nc3cc(S(=O)O)c(C)cc3nc12. The molecule has 0 aliphatic heterocycles. The van der Waals surface area contributed by atoms with Gasteiger partial charge in [-0.15, -0.1) is 0 Å². The van der Waals surface area contributed by atoms with Crippen LogP contribution in [0, 0.1) is 6.92 Å². The Morgan fingerprint density at radius 2 is 1.81 bits per heavy atom. The fourth-order valence-corrected chi connectivity index (χ4v) is 2.76. The Hall–Kier alpha value is -2.25. The van der Waals surface area contributed by atoms with Crippen molar-refractivity contribution in [2.24, 2.45) is 0 Å². The molecule has 0 aliphatic carbocycles. The summed E-state index contributed by atoms with van der Waals surface area (Å²) in [6, 6.07) is 6.17. The molecule has 0 amide bonds. The van der Waals surface area contributed by atoms with Gasteiger partial charge in [0.25, 0.3) is 0 Å². The molecule has 1 aromatic heterocycles. The van der Waals surface area contributed by atoms with Crippen LogP contribution in [-0.4, -0.2) is 30.9 Å². The van der Waals surface area contributed by atoms with Crippen molar-refractivity contribution in [3.05, 3.63) is 29.8 Å². The second kappa shape index (κ2) is 4.94. The number of phenols is 1. The molecule has 0 spiro atoms. The largest absolute Gasteiger partial charge is 0.508 e. The van der Waals surface area contributed by atoms with Gasteiger partial charge in [-0.3, -0.25) is 0 Å². The first kappa shape index (κ1) is 13.7. The van der Waals surface area contributed by atoms with Crippen LogP contribution < -0.4 is 4.74 Å². The molecule has 108 valence electrons. The number of nitrogens with zero attached hydrogens (tertiary/aromatic N) is 2. The molecule has 3 aromatic rings. The van der Waals surface area contributed by atoms with Crippen LogP contribution in [0.25, 0.3) is 22.1 Å². The number of benzene rings is 2. The summed E-state index contributed by atoms with van der Waals surface area (Å²) in [5.74, 6) is 0.443. The van der Waals surface area contributed by atoms with E-state index >= 15 is 0 Å². The van der Waals surface area contributed by atoms with E-state index in [-0.39, 0.29) is 5.75 Å². The lowest BCUT2D eigenvalue weighted by molar-refractivity contribution is 0.412. The third-order valence-corrected chi connectivity index (χ3v) is 4.01. The highest BCUT2D eigenvalue weighted by Gasteiger charge is 2.12. The number of hydrogen-bond donors (Lipinski definition) is 2. The van der Waals surface area contributed by atoms with Crippen LogP contribution in [0.3, 0.4) is 0 Å². The Kier molecular flexibility index (Phi) is 3.23. The van der Waals surface area contributed by atoms with Crippen molar-refractivity contribution >= 4 is 33.1 Å². The molecule has 0 saturated heterocycles. The van der Waals surface area contributed by atoms with E-state index in [0.717, 1.165) is 0 Å². The van der Waals surface area contributed by atoms with Crippen molar-refractivity contribution in [1.82, 2.24) is 9.97 Å². The van der Waals surface area contributed by atoms with Gasteiger partial charge in [0.05, 0.1) is 28.6 Å². The number of rotatable bonds is 2. The summed E-state index contributed by atoms with van der Waals surface area (Å²) in [6.45, 7) is 1.74. The second-order valence-electron chi connectivity index (χ2n) is 4.59. The van der Waals surface area contributed by atoms with E-state index in [0.29, 0.717) is 38.3 Å². The molecule has 0 radical (unpaired) electrons. The van der Waals surface area contributed by atoms with Crippen LogP contribution in [-0.2, 0) is 11.1 Å². The van der Waals surface area contributed by atoms with E-state index < -0.39 is 11.1 Å². The van der Waals surface area contributed by atoms with Gasteiger partial charge in [-0.2, -0.15) is 0 Å². The fourth-order valence-electron chi connectivity index (χ4n) is 2.21. The highest BCUT2D eigenvalue weighted by molar-refractivity contribution is 7.79. The number of hydrogen-bond acceptors (Lipinski definition) is 5. The van der Waals surface area contributed by atoms with Gasteiger partial charge in [-0.1, -0.05) is 0 Å². The molecule has 0 aliphatic rings. The van der Waals surface area contributed by atoms with Gasteiger partial charge >= 0.3 is 0 Å². The molecule has 2 aromatic carbocycles. The zero-order valence-electron chi connectivity index (χ0n) is 11.3. The number of fused-ring (bicyclic) bond motifs is 2. The molecule has 0 fully saturated rings. The average Bonchev–Trinajstić information content (AvgIpc) is 2.43. The van der Waals surface area contributed by atoms with Crippen LogP contribution in [0.4, 0.5) is 0 Å². The lowest BCUT2D eigenvalue weighted by Crippen LogP contribution is -1.96. The second-order valence-corrected chi connectivity index (χ2v) is 5.53. The maximum Gasteiger partial charge on any atom is 0.186 e. The maximum absolute atomic E-state index is 11.3. The Morgan fingerprint density at radius 1 is 1.10 bits per heavy atom. The van der Waals surface area contributed by atoms with Gasteiger partial charge in [-0.05, 0) is 24.6 Å². The zero-order chi connectivity index (χ0) is 15.1. The summed E-state index contributed by atoms with van der Waals surface area (Å²) in [4.78, 5) is 9.15. The van der Waals surface area contributed by atoms with Crippen molar-refractivity contribution < 1.29 is 18.6 Å². The Bertz CT molecular complexity index is 895. The lowest BCUT2D eigenvalue weighted by Gasteiger charge is -2.08. The number of aromatic nitrogens is 2. The van der Waals surface area contributed by atoms with Gasteiger partial charge in [0.1, 0.15) is 17.0 Å². The summed E-state index contributed by atoms with van der Waals surface area (Å²) in [6.07, 6.45) is 0. The van der Waals surface area contributed by atoms with Gasteiger partial charge in [0, 0.05) is 12.1 Å². The molecule has 2 N–H and O–H groups in total. The van der Waals surface area contributed by atoms with Crippen molar-refractivity contribution in [3.8, 4) is 11.5 Å². The monoisotopic (exact) mass is 304 g/mol. The lowest BCUT2D eigenvalue weighted by atomic mass is 10.2. The third kappa shape index (κ3) is 2.30. The maximum atomic E-state index is 11.3. The van der Waals surface area contributed by atoms with Gasteiger partial charge in [-0.25, -0.2) is 14.2 Å². The molecule has 1 heterocycles. The summed E-state index contributed by atoms with van der Waals surface area (Å²) in [5.41, 5.74) is 2.73. The topological polar surface area (TPSA) is 92.5 Å². The summed E-state index contributed by atoms with van der Waals surface area (Å²) >= 11 is -2.08. The third-order valence-electron chi connectivity index (χ3n) is 3.19. The smallest absolute Gasteiger partial charge is 0.186 e. The molecule has 1 atom stereocenters. The zero-order valence-corrected chi connectivity index (χ0v) is 12.1. The molecule has 21 heavy (non-hydrogen) atoms.